The number of allylic oxidation sites excluding steroid dienone is 2. The molecule has 1 aromatic rings. The van der Waals surface area contributed by atoms with Gasteiger partial charge < -0.3 is 15.4 Å². The second kappa shape index (κ2) is 4.68. The van der Waals surface area contributed by atoms with E-state index >= 15 is 0 Å². The number of hydrogen-bond acceptors (Lipinski definition) is 5. The molecule has 1 saturated heterocycles. The van der Waals surface area contributed by atoms with Crippen LogP contribution in [-0.4, -0.2) is 18.6 Å². The molecule has 90 valence electrons. The Labute approximate surface area is 105 Å². The number of nitriles is 2. The molecule has 0 aliphatic carbocycles. The molecule has 0 aromatic heterocycles. The number of benzene rings is 1. The van der Waals surface area contributed by atoms with Crippen molar-refractivity contribution in [1.29, 1.82) is 10.5 Å². The minimum atomic E-state index is -0.0338. The van der Waals surface area contributed by atoms with Crippen LogP contribution in [0.4, 0.5) is 0 Å². The topological polar surface area (TPSA) is 85.8 Å². The molecule has 0 saturated carbocycles. The first-order valence-electron chi connectivity index (χ1n) is 5.41. The third-order valence-electron chi connectivity index (χ3n) is 2.88. The van der Waals surface area contributed by atoms with Gasteiger partial charge in [-0.1, -0.05) is 12.1 Å². The number of rotatable bonds is 3. The minimum Gasteiger partial charge on any atom is -0.497 e. The molecular formula is C13H12N4O. The fourth-order valence-electron chi connectivity index (χ4n) is 1.83. The summed E-state index contributed by atoms with van der Waals surface area (Å²) in [6, 6.07) is 11.5. The van der Waals surface area contributed by atoms with Gasteiger partial charge in [0, 0.05) is 6.54 Å². The van der Waals surface area contributed by atoms with Crippen molar-refractivity contribution in [1.82, 2.24) is 4.90 Å². The Bertz CT molecular complexity index is 562. The van der Waals surface area contributed by atoms with E-state index in [2.05, 4.69) is 0 Å². The first-order chi connectivity index (χ1) is 8.71. The molecule has 0 spiro atoms. The van der Waals surface area contributed by atoms with E-state index in [1.807, 2.05) is 30.3 Å². The average molecular weight is 240 g/mol. The standard InChI is InChI=1S/C13H12N4O/c1-18-10-4-2-9(3-5-10)13-8-17(13)12(7-15)11(16)6-14/h2-5,13H,8,16H2,1H3/b12-11-. The summed E-state index contributed by atoms with van der Waals surface area (Å²) in [4.78, 5) is 1.81. The summed E-state index contributed by atoms with van der Waals surface area (Å²) in [7, 11) is 1.61. The van der Waals surface area contributed by atoms with Crippen molar-refractivity contribution in [3.05, 3.63) is 41.2 Å². The molecule has 1 aliphatic heterocycles. The van der Waals surface area contributed by atoms with Gasteiger partial charge in [-0.3, -0.25) is 0 Å². The van der Waals surface area contributed by atoms with E-state index in [0.717, 1.165) is 11.3 Å². The Morgan fingerprint density at radius 2 is 2.00 bits per heavy atom. The summed E-state index contributed by atoms with van der Waals surface area (Å²) >= 11 is 0. The third kappa shape index (κ3) is 2.07. The highest BCUT2D eigenvalue weighted by Crippen LogP contribution is 2.39. The van der Waals surface area contributed by atoms with Crippen molar-refractivity contribution >= 4 is 0 Å². The van der Waals surface area contributed by atoms with Gasteiger partial charge in [0.2, 0.25) is 0 Å². The molecule has 1 aromatic carbocycles. The van der Waals surface area contributed by atoms with Crippen molar-refractivity contribution in [2.45, 2.75) is 6.04 Å². The Morgan fingerprint density at radius 1 is 1.33 bits per heavy atom. The SMILES string of the molecule is COc1ccc(C2CN2/C(C#N)=C(\N)C#N)cc1. The van der Waals surface area contributed by atoms with Gasteiger partial charge in [0.25, 0.3) is 0 Å². The predicted octanol–water partition coefficient (Wildman–Crippen LogP) is 1.27. The molecule has 0 radical (unpaired) electrons. The number of methoxy groups -OCH3 is 1. The molecule has 1 fully saturated rings. The molecule has 2 rings (SSSR count). The number of nitrogens with zero attached hydrogens (tertiary/aromatic N) is 3. The molecule has 18 heavy (non-hydrogen) atoms. The van der Waals surface area contributed by atoms with Gasteiger partial charge in [0.05, 0.1) is 13.2 Å². The highest BCUT2D eigenvalue weighted by atomic mass is 16.5. The minimum absolute atomic E-state index is 0.0338. The van der Waals surface area contributed by atoms with E-state index in [4.69, 9.17) is 21.0 Å². The zero-order valence-corrected chi connectivity index (χ0v) is 9.92. The fraction of sp³-hybridized carbons (Fsp3) is 0.231. The maximum absolute atomic E-state index is 8.98. The summed E-state index contributed by atoms with van der Waals surface area (Å²) in [6.45, 7) is 0.706. The molecule has 0 bridgehead atoms. The van der Waals surface area contributed by atoms with Crippen LogP contribution >= 0.6 is 0 Å². The summed E-state index contributed by atoms with van der Waals surface area (Å²) in [5.41, 5.74) is 6.78. The number of ether oxygens (including phenoxy) is 1. The molecular weight excluding hydrogens is 228 g/mol. The third-order valence-corrected chi connectivity index (χ3v) is 2.88. The lowest BCUT2D eigenvalue weighted by Gasteiger charge is -2.05. The summed E-state index contributed by atoms with van der Waals surface area (Å²) in [5, 5.41) is 17.7. The van der Waals surface area contributed by atoms with Crippen LogP contribution in [-0.2, 0) is 0 Å². The zero-order valence-electron chi connectivity index (χ0n) is 9.92. The fourth-order valence-corrected chi connectivity index (χ4v) is 1.83. The number of hydrogen-bond donors (Lipinski definition) is 1. The molecule has 0 amide bonds. The normalized spacial score (nSPS) is 18.4. The summed E-state index contributed by atoms with van der Waals surface area (Å²) in [6.07, 6.45) is 0. The van der Waals surface area contributed by atoms with Crippen LogP contribution in [0.2, 0.25) is 0 Å². The Morgan fingerprint density at radius 3 is 2.50 bits per heavy atom. The molecule has 1 unspecified atom stereocenters. The van der Waals surface area contributed by atoms with Gasteiger partial charge in [-0.05, 0) is 17.7 Å². The van der Waals surface area contributed by atoms with Crippen molar-refractivity contribution < 1.29 is 4.74 Å². The maximum atomic E-state index is 8.98. The smallest absolute Gasteiger partial charge is 0.151 e. The quantitative estimate of drug-likeness (QED) is 0.635. The van der Waals surface area contributed by atoms with Crippen molar-refractivity contribution in [2.75, 3.05) is 13.7 Å². The summed E-state index contributed by atoms with van der Waals surface area (Å²) < 4.78 is 5.08. The first kappa shape index (κ1) is 11.8. The van der Waals surface area contributed by atoms with E-state index in [1.165, 1.54) is 0 Å². The van der Waals surface area contributed by atoms with Crippen LogP contribution < -0.4 is 10.5 Å². The zero-order chi connectivity index (χ0) is 13.1. The lowest BCUT2D eigenvalue weighted by molar-refractivity contribution is 0.414. The molecule has 5 nitrogen and oxygen atoms in total. The Hall–Kier alpha value is -2.66. The average Bonchev–Trinajstić information content (AvgIpc) is 3.19. The van der Waals surface area contributed by atoms with Crippen molar-refractivity contribution in [3.8, 4) is 17.9 Å². The molecule has 1 atom stereocenters. The Balaban J connectivity index is 2.16. The van der Waals surface area contributed by atoms with E-state index < -0.39 is 0 Å². The molecule has 2 N–H and O–H groups in total. The maximum Gasteiger partial charge on any atom is 0.151 e. The highest BCUT2D eigenvalue weighted by Gasteiger charge is 2.38. The van der Waals surface area contributed by atoms with E-state index in [1.54, 1.807) is 18.1 Å². The molecule has 1 aliphatic rings. The van der Waals surface area contributed by atoms with E-state index in [-0.39, 0.29) is 17.4 Å². The number of nitrogens with two attached hydrogens (primary N) is 1. The van der Waals surface area contributed by atoms with Gasteiger partial charge in [-0.2, -0.15) is 10.5 Å². The Kier molecular flexibility index (Phi) is 3.07. The van der Waals surface area contributed by atoms with Crippen LogP contribution in [0.15, 0.2) is 35.7 Å². The molecule has 1 heterocycles. The second-order valence-electron chi connectivity index (χ2n) is 3.93. The summed E-state index contributed by atoms with van der Waals surface area (Å²) in [5.74, 6) is 0.790. The van der Waals surface area contributed by atoms with Crippen LogP contribution in [0, 0.1) is 22.7 Å². The van der Waals surface area contributed by atoms with Crippen LogP contribution in [0.1, 0.15) is 11.6 Å². The second-order valence-corrected chi connectivity index (χ2v) is 3.93. The van der Waals surface area contributed by atoms with Gasteiger partial charge in [0.1, 0.15) is 23.6 Å². The monoisotopic (exact) mass is 240 g/mol. The lowest BCUT2D eigenvalue weighted by Crippen LogP contribution is -2.06. The van der Waals surface area contributed by atoms with Crippen LogP contribution in [0.25, 0.3) is 0 Å². The van der Waals surface area contributed by atoms with Gasteiger partial charge in [0.15, 0.2) is 5.70 Å². The van der Waals surface area contributed by atoms with Gasteiger partial charge in [-0.15, -0.1) is 0 Å². The van der Waals surface area contributed by atoms with Crippen LogP contribution in [0.3, 0.4) is 0 Å². The highest BCUT2D eigenvalue weighted by molar-refractivity contribution is 5.40. The predicted molar refractivity (Wildman–Crippen MR) is 64.9 cm³/mol. The largest absolute Gasteiger partial charge is 0.497 e. The lowest BCUT2D eigenvalue weighted by atomic mass is 10.1. The van der Waals surface area contributed by atoms with Crippen molar-refractivity contribution in [3.63, 3.8) is 0 Å². The first-order valence-corrected chi connectivity index (χ1v) is 5.41. The van der Waals surface area contributed by atoms with Gasteiger partial charge >= 0.3 is 0 Å². The van der Waals surface area contributed by atoms with E-state index in [0.29, 0.717) is 6.54 Å². The molecule has 5 heteroatoms. The van der Waals surface area contributed by atoms with E-state index in [9.17, 15) is 0 Å². The van der Waals surface area contributed by atoms with Gasteiger partial charge in [-0.25, -0.2) is 0 Å². The van der Waals surface area contributed by atoms with Crippen LogP contribution in [0.5, 0.6) is 5.75 Å². The van der Waals surface area contributed by atoms with Crippen molar-refractivity contribution in [2.24, 2.45) is 5.73 Å².